The first kappa shape index (κ1) is 12.0. The van der Waals surface area contributed by atoms with Gasteiger partial charge in [0.15, 0.2) is 0 Å². The lowest BCUT2D eigenvalue weighted by Crippen LogP contribution is -2.45. The Morgan fingerprint density at radius 3 is 2.56 bits per heavy atom. The number of nitrogens with one attached hydrogen (secondary N) is 1. The Bertz CT molecular complexity index is 319. The largest absolute Gasteiger partial charge is 0.271 e. The SMILES string of the molecule is Cc1ccc(SCC(NN)C2CCC2)cc1. The molecule has 1 saturated carbocycles. The van der Waals surface area contributed by atoms with Crippen molar-refractivity contribution in [1.29, 1.82) is 0 Å². The van der Waals surface area contributed by atoms with E-state index in [1.165, 1.54) is 29.7 Å². The summed E-state index contributed by atoms with van der Waals surface area (Å²) in [6.07, 6.45) is 4.05. The molecule has 0 aromatic heterocycles. The van der Waals surface area contributed by atoms with Gasteiger partial charge in [-0.05, 0) is 37.8 Å². The van der Waals surface area contributed by atoms with Gasteiger partial charge in [0.2, 0.25) is 0 Å². The predicted octanol–water partition coefficient (Wildman–Crippen LogP) is 2.72. The third-order valence-electron chi connectivity index (χ3n) is 3.38. The monoisotopic (exact) mass is 236 g/mol. The smallest absolute Gasteiger partial charge is 0.0332 e. The van der Waals surface area contributed by atoms with E-state index in [9.17, 15) is 0 Å². The molecular formula is C13H20N2S. The third kappa shape index (κ3) is 3.00. The standard InChI is InChI=1S/C13H20N2S/c1-10-5-7-12(8-6-10)16-9-13(15-14)11-3-2-4-11/h5-8,11,13,15H,2-4,9,14H2,1H3. The molecule has 3 N–H and O–H groups in total. The minimum Gasteiger partial charge on any atom is -0.271 e. The summed E-state index contributed by atoms with van der Waals surface area (Å²) in [4.78, 5) is 1.34. The molecule has 1 aromatic carbocycles. The molecule has 1 atom stereocenters. The first-order chi connectivity index (χ1) is 7.79. The maximum absolute atomic E-state index is 5.61. The van der Waals surface area contributed by atoms with Crippen LogP contribution in [0.5, 0.6) is 0 Å². The van der Waals surface area contributed by atoms with E-state index < -0.39 is 0 Å². The number of hydrogen-bond donors (Lipinski definition) is 2. The molecule has 1 aliphatic carbocycles. The van der Waals surface area contributed by atoms with Crippen LogP contribution in [0, 0.1) is 12.8 Å². The van der Waals surface area contributed by atoms with Crippen molar-refractivity contribution in [3.63, 3.8) is 0 Å². The van der Waals surface area contributed by atoms with Crippen LogP contribution in [0.1, 0.15) is 24.8 Å². The molecule has 0 radical (unpaired) electrons. The van der Waals surface area contributed by atoms with Gasteiger partial charge in [0, 0.05) is 16.7 Å². The van der Waals surface area contributed by atoms with Gasteiger partial charge in [-0.3, -0.25) is 11.3 Å². The fraction of sp³-hybridized carbons (Fsp3) is 0.538. The lowest BCUT2D eigenvalue weighted by atomic mass is 9.80. The van der Waals surface area contributed by atoms with Gasteiger partial charge in [-0.2, -0.15) is 0 Å². The van der Waals surface area contributed by atoms with Gasteiger partial charge in [-0.15, -0.1) is 11.8 Å². The molecule has 0 aliphatic heterocycles. The number of hydrogen-bond acceptors (Lipinski definition) is 3. The summed E-state index contributed by atoms with van der Waals surface area (Å²) >= 11 is 1.90. The van der Waals surface area contributed by atoms with Crippen molar-refractivity contribution in [3.05, 3.63) is 29.8 Å². The second kappa shape index (κ2) is 5.71. The lowest BCUT2D eigenvalue weighted by Gasteiger charge is -2.33. The maximum atomic E-state index is 5.61. The normalized spacial score (nSPS) is 18.1. The summed E-state index contributed by atoms with van der Waals surface area (Å²) in [5.74, 6) is 7.48. The molecular weight excluding hydrogens is 216 g/mol. The lowest BCUT2D eigenvalue weighted by molar-refractivity contribution is 0.246. The van der Waals surface area contributed by atoms with E-state index >= 15 is 0 Å². The van der Waals surface area contributed by atoms with Gasteiger partial charge in [-0.25, -0.2) is 0 Å². The molecule has 3 heteroatoms. The fourth-order valence-corrected chi connectivity index (χ4v) is 3.05. The highest BCUT2D eigenvalue weighted by Crippen LogP contribution is 2.32. The Morgan fingerprint density at radius 1 is 1.38 bits per heavy atom. The second-order valence-corrected chi connectivity index (χ2v) is 5.68. The van der Waals surface area contributed by atoms with Gasteiger partial charge < -0.3 is 0 Å². The van der Waals surface area contributed by atoms with Crippen molar-refractivity contribution in [1.82, 2.24) is 5.43 Å². The zero-order chi connectivity index (χ0) is 11.4. The van der Waals surface area contributed by atoms with Crippen LogP contribution in [0.4, 0.5) is 0 Å². The maximum Gasteiger partial charge on any atom is 0.0332 e. The number of aryl methyl sites for hydroxylation is 1. The molecule has 16 heavy (non-hydrogen) atoms. The number of nitrogens with two attached hydrogens (primary N) is 1. The fourth-order valence-electron chi connectivity index (χ4n) is 1.98. The molecule has 1 aliphatic rings. The molecule has 1 unspecified atom stereocenters. The van der Waals surface area contributed by atoms with Crippen LogP contribution in [0.15, 0.2) is 29.2 Å². The minimum absolute atomic E-state index is 0.472. The molecule has 0 heterocycles. The summed E-state index contributed by atoms with van der Waals surface area (Å²) in [7, 11) is 0. The van der Waals surface area contributed by atoms with Crippen molar-refractivity contribution in [2.24, 2.45) is 11.8 Å². The van der Waals surface area contributed by atoms with Crippen LogP contribution >= 0.6 is 11.8 Å². The molecule has 0 saturated heterocycles. The summed E-state index contributed by atoms with van der Waals surface area (Å²) in [6.45, 7) is 2.12. The predicted molar refractivity (Wildman–Crippen MR) is 70.4 cm³/mol. The topological polar surface area (TPSA) is 38.0 Å². The molecule has 88 valence electrons. The number of hydrazine groups is 1. The van der Waals surface area contributed by atoms with Crippen LogP contribution in [0.2, 0.25) is 0 Å². The molecule has 2 nitrogen and oxygen atoms in total. The quantitative estimate of drug-likeness (QED) is 0.469. The summed E-state index contributed by atoms with van der Waals surface area (Å²) in [6, 6.07) is 9.18. The molecule has 0 spiro atoms. The van der Waals surface area contributed by atoms with Crippen molar-refractivity contribution >= 4 is 11.8 Å². The van der Waals surface area contributed by atoms with Gasteiger partial charge in [0.05, 0.1) is 0 Å². The second-order valence-electron chi connectivity index (χ2n) is 4.59. The van der Waals surface area contributed by atoms with Gasteiger partial charge in [0.25, 0.3) is 0 Å². The number of thioether (sulfide) groups is 1. The molecule has 1 aromatic rings. The average molecular weight is 236 g/mol. The first-order valence-corrected chi connectivity index (χ1v) is 6.94. The number of rotatable bonds is 5. The zero-order valence-corrected chi connectivity index (χ0v) is 10.6. The van der Waals surface area contributed by atoms with Crippen LogP contribution in [-0.4, -0.2) is 11.8 Å². The molecule has 0 bridgehead atoms. The summed E-state index contributed by atoms with van der Waals surface area (Å²) < 4.78 is 0. The van der Waals surface area contributed by atoms with Gasteiger partial charge >= 0.3 is 0 Å². The van der Waals surface area contributed by atoms with E-state index in [1.54, 1.807) is 0 Å². The number of benzene rings is 1. The Kier molecular flexibility index (Phi) is 4.27. The summed E-state index contributed by atoms with van der Waals surface area (Å²) in [5.41, 5.74) is 4.28. The highest BCUT2D eigenvalue weighted by molar-refractivity contribution is 7.99. The highest BCUT2D eigenvalue weighted by Gasteiger charge is 2.26. The highest BCUT2D eigenvalue weighted by atomic mass is 32.2. The van der Waals surface area contributed by atoms with Crippen molar-refractivity contribution in [2.75, 3.05) is 5.75 Å². The minimum atomic E-state index is 0.472. The Labute approximate surface area is 102 Å². The van der Waals surface area contributed by atoms with Gasteiger partial charge in [0.1, 0.15) is 0 Å². The van der Waals surface area contributed by atoms with Crippen LogP contribution < -0.4 is 11.3 Å². The van der Waals surface area contributed by atoms with Crippen LogP contribution in [0.3, 0.4) is 0 Å². The molecule has 0 amide bonds. The van der Waals surface area contributed by atoms with Crippen molar-refractivity contribution in [2.45, 2.75) is 37.1 Å². The zero-order valence-electron chi connectivity index (χ0n) is 9.78. The average Bonchev–Trinajstić information content (AvgIpc) is 2.23. The van der Waals surface area contributed by atoms with E-state index in [2.05, 4.69) is 36.6 Å². The molecule has 1 fully saturated rings. The van der Waals surface area contributed by atoms with E-state index in [4.69, 9.17) is 5.84 Å². The Morgan fingerprint density at radius 2 is 2.06 bits per heavy atom. The summed E-state index contributed by atoms with van der Waals surface area (Å²) in [5, 5.41) is 0. The first-order valence-electron chi connectivity index (χ1n) is 5.95. The van der Waals surface area contributed by atoms with E-state index in [0.29, 0.717) is 6.04 Å². The van der Waals surface area contributed by atoms with E-state index in [1.807, 2.05) is 11.8 Å². The Hall–Kier alpha value is -0.510. The van der Waals surface area contributed by atoms with Crippen LogP contribution in [0.25, 0.3) is 0 Å². The third-order valence-corrected chi connectivity index (χ3v) is 4.51. The van der Waals surface area contributed by atoms with Crippen LogP contribution in [-0.2, 0) is 0 Å². The molecule has 2 rings (SSSR count). The Balaban J connectivity index is 1.83. The van der Waals surface area contributed by atoms with Crippen molar-refractivity contribution in [3.8, 4) is 0 Å². The van der Waals surface area contributed by atoms with Crippen molar-refractivity contribution < 1.29 is 0 Å². The van der Waals surface area contributed by atoms with Gasteiger partial charge in [-0.1, -0.05) is 24.1 Å². The van der Waals surface area contributed by atoms with E-state index in [0.717, 1.165) is 11.7 Å². The van der Waals surface area contributed by atoms with E-state index in [-0.39, 0.29) is 0 Å².